The van der Waals surface area contributed by atoms with Crippen LogP contribution in [0.2, 0.25) is 0 Å². The smallest absolute Gasteiger partial charge is 0.213 e. The number of nitrogens with one attached hydrogen (secondary N) is 1. The largest absolute Gasteiger partial charge is 0.361 e. The van der Waals surface area contributed by atoms with Crippen LogP contribution in [0.4, 0.5) is 0 Å². The number of piperazine rings is 1. The van der Waals surface area contributed by atoms with Gasteiger partial charge in [0.1, 0.15) is 0 Å². The minimum Gasteiger partial charge on any atom is -0.361 e. The summed E-state index contributed by atoms with van der Waals surface area (Å²) >= 11 is 0. The Balaban J connectivity index is 1.56. The molecule has 0 saturated carbocycles. The zero-order valence-electron chi connectivity index (χ0n) is 13.0. The number of nitrogens with zero attached hydrogens (tertiary/aromatic N) is 2. The molecule has 0 bridgehead atoms. The normalized spacial score (nSPS) is 18.0. The van der Waals surface area contributed by atoms with Crippen LogP contribution in [0.1, 0.15) is 12.5 Å². The second kappa shape index (κ2) is 6.40. The van der Waals surface area contributed by atoms with Crippen molar-refractivity contribution in [2.45, 2.75) is 13.3 Å². The fourth-order valence-corrected chi connectivity index (χ4v) is 4.12. The van der Waals surface area contributed by atoms with Crippen LogP contribution in [-0.2, 0) is 16.4 Å². The summed E-state index contributed by atoms with van der Waals surface area (Å²) in [5.74, 6) is 0.197. The molecule has 6 heteroatoms. The number of aromatic nitrogens is 1. The Morgan fingerprint density at radius 3 is 2.59 bits per heavy atom. The van der Waals surface area contributed by atoms with Gasteiger partial charge in [0, 0.05) is 49.8 Å². The summed E-state index contributed by atoms with van der Waals surface area (Å²) in [6.45, 7) is 5.55. The molecule has 0 spiro atoms. The lowest BCUT2D eigenvalue weighted by atomic mass is 10.1. The highest BCUT2D eigenvalue weighted by Crippen LogP contribution is 2.18. The molecule has 1 saturated heterocycles. The van der Waals surface area contributed by atoms with Crippen LogP contribution in [0.25, 0.3) is 10.9 Å². The zero-order chi connectivity index (χ0) is 15.6. The van der Waals surface area contributed by atoms with Crippen LogP contribution in [0.15, 0.2) is 30.5 Å². The molecule has 1 aliphatic rings. The molecular weight excluding hydrogens is 298 g/mol. The monoisotopic (exact) mass is 321 g/mol. The van der Waals surface area contributed by atoms with Crippen LogP contribution in [0.5, 0.6) is 0 Å². The minimum atomic E-state index is -3.03. The first-order valence-electron chi connectivity index (χ1n) is 7.85. The summed E-state index contributed by atoms with van der Waals surface area (Å²) in [7, 11) is -3.03. The molecule has 22 heavy (non-hydrogen) atoms. The summed E-state index contributed by atoms with van der Waals surface area (Å²) in [6, 6.07) is 8.34. The van der Waals surface area contributed by atoms with E-state index in [9.17, 15) is 8.42 Å². The van der Waals surface area contributed by atoms with Gasteiger partial charge >= 0.3 is 0 Å². The van der Waals surface area contributed by atoms with E-state index in [4.69, 9.17) is 0 Å². The fourth-order valence-electron chi connectivity index (χ4n) is 3.03. The second-order valence-corrected chi connectivity index (χ2v) is 8.01. The number of hydrogen-bond donors (Lipinski definition) is 1. The van der Waals surface area contributed by atoms with Gasteiger partial charge in [-0.2, -0.15) is 4.31 Å². The summed E-state index contributed by atoms with van der Waals surface area (Å²) in [5, 5.41) is 1.29. The van der Waals surface area contributed by atoms with E-state index < -0.39 is 10.0 Å². The molecule has 1 aromatic carbocycles. The van der Waals surface area contributed by atoms with Crippen LogP contribution in [-0.4, -0.2) is 61.1 Å². The molecular formula is C16H23N3O2S. The van der Waals surface area contributed by atoms with Crippen LogP contribution >= 0.6 is 0 Å². The van der Waals surface area contributed by atoms with Crippen LogP contribution in [0, 0.1) is 0 Å². The number of sulfonamides is 1. The third-order valence-corrected chi connectivity index (χ3v) is 6.34. The Morgan fingerprint density at radius 2 is 1.86 bits per heavy atom. The lowest BCUT2D eigenvalue weighted by molar-refractivity contribution is 0.190. The lowest BCUT2D eigenvalue weighted by Crippen LogP contribution is -2.49. The molecule has 2 heterocycles. The molecule has 0 amide bonds. The number of fused-ring (bicyclic) bond motifs is 1. The molecule has 1 N–H and O–H groups in total. The van der Waals surface area contributed by atoms with Crippen LogP contribution in [0.3, 0.4) is 0 Å². The van der Waals surface area contributed by atoms with Crippen molar-refractivity contribution in [1.82, 2.24) is 14.2 Å². The van der Waals surface area contributed by atoms with E-state index in [2.05, 4.69) is 34.3 Å². The Hall–Kier alpha value is -1.37. The van der Waals surface area contributed by atoms with E-state index >= 15 is 0 Å². The van der Waals surface area contributed by atoms with E-state index in [1.165, 1.54) is 16.5 Å². The average molecular weight is 321 g/mol. The number of benzene rings is 1. The molecule has 0 atom stereocenters. The third-order valence-electron chi connectivity index (χ3n) is 4.46. The molecule has 0 aliphatic carbocycles. The quantitative estimate of drug-likeness (QED) is 0.911. The van der Waals surface area contributed by atoms with Gasteiger partial charge in [0.2, 0.25) is 10.0 Å². The van der Waals surface area contributed by atoms with E-state index in [1.807, 2.05) is 6.07 Å². The zero-order valence-corrected chi connectivity index (χ0v) is 13.8. The topological polar surface area (TPSA) is 56.4 Å². The van der Waals surface area contributed by atoms with E-state index in [-0.39, 0.29) is 5.75 Å². The number of H-pyrrole nitrogens is 1. The summed E-state index contributed by atoms with van der Waals surface area (Å²) < 4.78 is 25.3. The SMILES string of the molecule is CCS(=O)(=O)N1CCN(CCc2c[nH]c3ccccc23)CC1. The first-order chi connectivity index (χ1) is 10.6. The van der Waals surface area contributed by atoms with Gasteiger partial charge in [-0.05, 0) is 25.0 Å². The second-order valence-electron chi connectivity index (χ2n) is 5.75. The first-order valence-corrected chi connectivity index (χ1v) is 9.46. The summed E-state index contributed by atoms with van der Waals surface area (Å²) in [6.07, 6.45) is 3.08. The van der Waals surface area contributed by atoms with Gasteiger partial charge < -0.3 is 9.88 Å². The maximum atomic E-state index is 11.9. The van der Waals surface area contributed by atoms with Crippen molar-refractivity contribution in [3.05, 3.63) is 36.0 Å². The standard InChI is InChI=1S/C16H23N3O2S/c1-2-22(20,21)19-11-9-18(10-12-19)8-7-14-13-17-16-6-4-3-5-15(14)16/h3-6,13,17H,2,7-12H2,1H3. The molecule has 0 radical (unpaired) electrons. The van der Waals surface area contributed by atoms with Gasteiger partial charge in [0.05, 0.1) is 5.75 Å². The predicted octanol–water partition coefficient (Wildman–Crippen LogP) is 1.68. The van der Waals surface area contributed by atoms with Crippen molar-refractivity contribution in [2.75, 3.05) is 38.5 Å². The van der Waals surface area contributed by atoms with Crippen molar-refractivity contribution in [3.8, 4) is 0 Å². The number of hydrogen-bond acceptors (Lipinski definition) is 3. The van der Waals surface area contributed by atoms with E-state index in [1.54, 1.807) is 11.2 Å². The molecule has 2 aromatic rings. The van der Waals surface area contributed by atoms with Crippen molar-refractivity contribution >= 4 is 20.9 Å². The highest BCUT2D eigenvalue weighted by atomic mass is 32.2. The first kappa shape index (κ1) is 15.5. The van der Waals surface area contributed by atoms with Crippen molar-refractivity contribution < 1.29 is 8.42 Å². The van der Waals surface area contributed by atoms with Crippen molar-refractivity contribution in [3.63, 3.8) is 0 Å². The number of aromatic amines is 1. The Morgan fingerprint density at radius 1 is 1.14 bits per heavy atom. The number of rotatable bonds is 5. The maximum absolute atomic E-state index is 11.9. The van der Waals surface area contributed by atoms with Gasteiger partial charge in [-0.15, -0.1) is 0 Å². The maximum Gasteiger partial charge on any atom is 0.213 e. The molecule has 0 unspecified atom stereocenters. The molecule has 1 aromatic heterocycles. The Bertz CT molecular complexity index is 731. The fraction of sp³-hybridized carbons (Fsp3) is 0.500. The lowest BCUT2D eigenvalue weighted by Gasteiger charge is -2.33. The molecule has 120 valence electrons. The molecule has 3 rings (SSSR count). The van der Waals surface area contributed by atoms with Gasteiger partial charge in [0.25, 0.3) is 0 Å². The van der Waals surface area contributed by atoms with E-state index in [0.717, 1.165) is 26.1 Å². The highest BCUT2D eigenvalue weighted by Gasteiger charge is 2.25. The molecule has 1 fully saturated rings. The van der Waals surface area contributed by atoms with Crippen molar-refractivity contribution in [1.29, 1.82) is 0 Å². The van der Waals surface area contributed by atoms with Gasteiger partial charge in [-0.1, -0.05) is 18.2 Å². The summed E-state index contributed by atoms with van der Waals surface area (Å²) in [5.41, 5.74) is 2.51. The summed E-state index contributed by atoms with van der Waals surface area (Å²) in [4.78, 5) is 5.66. The minimum absolute atomic E-state index is 0.197. The highest BCUT2D eigenvalue weighted by molar-refractivity contribution is 7.89. The van der Waals surface area contributed by atoms with Gasteiger partial charge in [-0.25, -0.2) is 8.42 Å². The molecule has 5 nitrogen and oxygen atoms in total. The Labute approximate surface area is 132 Å². The van der Waals surface area contributed by atoms with Gasteiger partial charge in [0.15, 0.2) is 0 Å². The van der Waals surface area contributed by atoms with E-state index in [0.29, 0.717) is 13.1 Å². The average Bonchev–Trinajstić information content (AvgIpc) is 2.96. The predicted molar refractivity (Wildman–Crippen MR) is 89.5 cm³/mol. The van der Waals surface area contributed by atoms with Crippen molar-refractivity contribution in [2.24, 2.45) is 0 Å². The Kier molecular flexibility index (Phi) is 4.52. The van der Waals surface area contributed by atoms with Crippen LogP contribution < -0.4 is 0 Å². The third kappa shape index (κ3) is 3.19. The molecule has 1 aliphatic heterocycles. The number of para-hydroxylation sites is 1. The van der Waals surface area contributed by atoms with Gasteiger partial charge in [-0.3, -0.25) is 0 Å².